The topological polar surface area (TPSA) is 9.23 Å². The van der Waals surface area contributed by atoms with Crippen LogP contribution in [0, 0.1) is 0 Å². The van der Waals surface area contributed by atoms with Gasteiger partial charge in [-0.1, -0.05) is 0 Å². The standard InChI is InChI=1S/C3H8O.BH3.3FH/c1-3-4-2;;;;/h3H2,1-2H3;1H3;3*1H. The zero-order valence-corrected chi connectivity index (χ0v) is 4.34. The van der Waals surface area contributed by atoms with Crippen LogP contribution in [-0.4, -0.2) is 22.1 Å². The Morgan fingerprint density at radius 1 is 1.12 bits per heavy atom. The van der Waals surface area contributed by atoms with E-state index in [1.807, 2.05) is 6.92 Å². The maximum atomic E-state index is 4.54. The van der Waals surface area contributed by atoms with Crippen molar-refractivity contribution in [2.45, 2.75) is 6.92 Å². The summed E-state index contributed by atoms with van der Waals surface area (Å²) in [5.74, 6) is 0. The van der Waals surface area contributed by atoms with Gasteiger partial charge in [-0.25, -0.2) is 0 Å². The van der Waals surface area contributed by atoms with Crippen molar-refractivity contribution in [3.63, 3.8) is 0 Å². The van der Waals surface area contributed by atoms with Gasteiger partial charge in [0, 0.05) is 13.7 Å². The van der Waals surface area contributed by atoms with E-state index in [0.29, 0.717) is 0 Å². The molecule has 0 amide bonds. The summed E-state index contributed by atoms with van der Waals surface area (Å²) in [6, 6.07) is 0. The highest BCUT2D eigenvalue weighted by Crippen LogP contribution is 1.52. The highest BCUT2D eigenvalue weighted by Gasteiger charge is 1.51. The molecular weight excluding hydrogens is 120 g/mol. The predicted molar refractivity (Wildman–Crippen MR) is 35.0 cm³/mol. The fourth-order valence-electron chi connectivity index (χ4n) is 0. The third-order valence-electron chi connectivity index (χ3n) is 0.289. The number of ether oxygens (including phenoxy) is 1. The van der Waals surface area contributed by atoms with Crippen LogP contribution in [0.15, 0.2) is 0 Å². The molecule has 0 radical (unpaired) electrons. The molecule has 0 rings (SSSR count). The Hall–Kier alpha value is -0.185. The maximum absolute atomic E-state index is 4.54. The van der Waals surface area contributed by atoms with Gasteiger partial charge >= 0.3 is 0 Å². The van der Waals surface area contributed by atoms with E-state index in [4.69, 9.17) is 0 Å². The van der Waals surface area contributed by atoms with Crippen molar-refractivity contribution >= 4 is 8.41 Å². The molecule has 5 heteroatoms. The minimum Gasteiger partial charge on any atom is -0.385 e. The Balaban J connectivity index is -0.00000000750. The van der Waals surface area contributed by atoms with Crippen molar-refractivity contribution in [1.29, 1.82) is 0 Å². The van der Waals surface area contributed by atoms with Gasteiger partial charge in [-0.3, -0.25) is 14.1 Å². The molecule has 0 aliphatic rings. The zero-order valence-electron chi connectivity index (χ0n) is 4.34. The molecule has 1 nitrogen and oxygen atoms in total. The minimum absolute atomic E-state index is 0. The Morgan fingerprint density at radius 2 is 1.25 bits per heavy atom. The Morgan fingerprint density at radius 3 is 1.25 bits per heavy atom. The lowest BCUT2D eigenvalue weighted by Gasteiger charge is -1.76. The van der Waals surface area contributed by atoms with Gasteiger partial charge in [-0.2, -0.15) is 0 Å². The highest BCUT2D eigenvalue weighted by atomic mass is 19.0. The number of hydrogen-bond donors (Lipinski definition) is 0. The predicted octanol–water partition coefficient (Wildman–Crippen LogP) is -0.0737. The lowest BCUT2D eigenvalue weighted by Crippen LogP contribution is -1.73. The number of methoxy groups -OCH3 is 1. The van der Waals surface area contributed by atoms with Crippen molar-refractivity contribution < 1.29 is 18.9 Å². The van der Waals surface area contributed by atoms with Gasteiger partial charge in [0.2, 0.25) is 0 Å². The van der Waals surface area contributed by atoms with Crippen molar-refractivity contribution in [1.82, 2.24) is 0 Å². The summed E-state index contributed by atoms with van der Waals surface area (Å²) in [5.41, 5.74) is 0. The van der Waals surface area contributed by atoms with E-state index in [1.165, 1.54) is 0 Å². The van der Waals surface area contributed by atoms with Crippen LogP contribution >= 0.6 is 0 Å². The lowest BCUT2D eigenvalue weighted by molar-refractivity contribution is 0.215. The normalized spacial score (nSPS) is 3.75. The largest absolute Gasteiger partial charge is 0.385 e. The zero-order chi connectivity index (χ0) is 3.41. The Labute approximate surface area is 49.1 Å². The molecule has 0 bridgehead atoms. The van der Waals surface area contributed by atoms with E-state index in [2.05, 4.69) is 4.74 Å². The van der Waals surface area contributed by atoms with Crippen LogP contribution in [0.4, 0.5) is 14.1 Å². The number of hydrogen-bond acceptors (Lipinski definition) is 1. The van der Waals surface area contributed by atoms with Crippen LogP contribution < -0.4 is 0 Å². The van der Waals surface area contributed by atoms with E-state index in [1.54, 1.807) is 7.11 Å². The van der Waals surface area contributed by atoms with Crippen LogP contribution in [0.1, 0.15) is 6.92 Å². The second kappa shape index (κ2) is 70.0. The van der Waals surface area contributed by atoms with Crippen molar-refractivity contribution in [2.24, 2.45) is 0 Å². The molecule has 0 aromatic rings. The molecule has 0 spiro atoms. The molecule has 0 saturated heterocycles. The van der Waals surface area contributed by atoms with Gasteiger partial charge in [0.05, 0.1) is 8.41 Å². The van der Waals surface area contributed by atoms with Crippen molar-refractivity contribution in [3.05, 3.63) is 0 Å². The molecule has 0 heterocycles. The quantitative estimate of drug-likeness (QED) is 0.456. The summed E-state index contributed by atoms with van der Waals surface area (Å²) in [7, 11) is 1.68. The van der Waals surface area contributed by atoms with Crippen molar-refractivity contribution in [2.75, 3.05) is 13.7 Å². The molecule has 0 aromatic carbocycles. The molecule has 0 atom stereocenters. The molecule has 0 N–H and O–H groups in total. The van der Waals surface area contributed by atoms with E-state index in [-0.39, 0.29) is 22.5 Å². The van der Waals surface area contributed by atoms with Crippen LogP contribution in [0.25, 0.3) is 0 Å². The average Bonchev–Trinajstić information content (AvgIpc) is 1.37. The average molecular weight is 134 g/mol. The van der Waals surface area contributed by atoms with Gasteiger partial charge in [0.25, 0.3) is 0 Å². The van der Waals surface area contributed by atoms with Crippen LogP contribution in [0.3, 0.4) is 0 Å². The van der Waals surface area contributed by atoms with E-state index in [0.717, 1.165) is 6.61 Å². The first-order valence-electron chi connectivity index (χ1n) is 1.40. The number of halogens is 3. The molecule has 0 unspecified atom stereocenters. The monoisotopic (exact) mass is 134 g/mol. The molecule has 0 saturated carbocycles. The second-order valence-corrected chi connectivity index (χ2v) is 0.577. The number of rotatable bonds is 1. The molecule has 0 fully saturated rings. The van der Waals surface area contributed by atoms with Gasteiger partial charge in [0.1, 0.15) is 0 Å². The van der Waals surface area contributed by atoms with Gasteiger partial charge < -0.3 is 4.74 Å². The van der Waals surface area contributed by atoms with E-state index < -0.39 is 0 Å². The minimum atomic E-state index is 0. The van der Waals surface area contributed by atoms with E-state index >= 15 is 0 Å². The first kappa shape index (κ1) is 45.8. The Kier molecular flexibility index (Phi) is 401. The van der Waals surface area contributed by atoms with Crippen LogP contribution in [0.5, 0.6) is 0 Å². The first-order chi connectivity index (χ1) is 1.91. The molecule has 0 aliphatic heterocycles. The maximum Gasteiger partial charge on any atom is 0.0814 e. The van der Waals surface area contributed by atoms with Crippen LogP contribution in [-0.2, 0) is 4.74 Å². The molecule has 56 valence electrons. The third kappa shape index (κ3) is 203. The molecule has 0 aromatic heterocycles. The summed E-state index contributed by atoms with van der Waals surface area (Å²) in [4.78, 5) is 0. The fraction of sp³-hybridized carbons (Fsp3) is 1.00. The third-order valence-corrected chi connectivity index (χ3v) is 0.289. The highest BCUT2D eigenvalue weighted by molar-refractivity contribution is 5.75. The fourth-order valence-corrected chi connectivity index (χ4v) is 0. The van der Waals surface area contributed by atoms with Crippen molar-refractivity contribution in [3.8, 4) is 0 Å². The Bertz CT molecular complexity index is 16.5. The smallest absolute Gasteiger partial charge is 0.0814 e. The van der Waals surface area contributed by atoms with E-state index in [9.17, 15) is 0 Å². The van der Waals surface area contributed by atoms with Gasteiger partial charge in [-0.15, -0.1) is 0 Å². The lowest BCUT2D eigenvalue weighted by atomic mass is 10.8. The summed E-state index contributed by atoms with van der Waals surface area (Å²) in [6.07, 6.45) is 0. The van der Waals surface area contributed by atoms with Gasteiger partial charge in [-0.05, 0) is 6.92 Å². The SMILES string of the molecule is B.CCOC.F.F.F. The molecule has 0 aliphatic carbocycles. The summed E-state index contributed by atoms with van der Waals surface area (Å²) in [6.45, 7) is 2.78. The van der Waals surface area contributed by atoms with Crippen LogP contribution in [0.2, 0.25) is 0 Å². The first-order valence-corrected chi connectivity index (χ1v) is 1.40. The summed E-state index contributed by atoms with van der Waals surface area (Å²) >= 11 is 0. The molecular formula is C3H14BF3O. The molecule has 8 heavy (non-hydrogen) atoms. The van der Waals surface area contributed by atoms with Gasteiger partial charge in [0.15, 0.2) is 0 Å². The summed E-state index contributed by atoms with van der Waals surface area (Å²) < 4.78 is 4.54. The summed E-state index contributed by atoms with van der Waals surface area (Å²) in [5, 5.41) is 0. The second-order valence-electron chi connectivity index (χ2n) is 0.577.